The second-order valence-corrected chi connectivity index (χ2v) is 5.00. The van der Waals surface area contributed by atoms with E-state index in [1.807, 2.05) is 12.1 Å². The van der Waals surface area contributed by atoms with Crippen molar-refractivity contribution in [2.45, 2.75) is 38.8 Å². The Balaban J connectivity index is 2.17. The Labute approximate surface area is 109 Å². The number of methoxy groups -OCH3 is 1. The number of rotatable bonds is 4. The number of carbonyl (C=O) groups is 1. The summed E-state index contributed by atoms with van der Waals surface area (Å²) in [6, 6.07) is 6.24. The van der Waals surface area contributed by atoms with Crippen molar-refractivity contribution >= 4 is 6.29 Å². The minimum atomic E-state index is 0.614. The molecule has 1 fully saturated rings. The van der Waals surface area contributed by atoms with Crippen LogP contribution < -0.4 is 4.74 Å². The lowest BCUT2D eigenvalue weighted by Gasteiger charge is -2.33. The van der Waals surface area contributed by atoms with E-state index >= 15 is 0 Å². The average molecular weight is 247 g/mol. The molecule has 1 heterocycles. The third-order valence-electron chi connectivity index (χ3n) is 3.75. The highest BCUT2D eigenvalue weighted by Gasteiger charge is 2.19. The molecule has 0 spiro atoms. The van der Waals surface area contributed by atoms with Gasteiger partial charge in [-0.15, -0.1) is 0 Å². The lowest BCUT2D eigenvalue weighted by molar-refractivity contribution is 0.112. The molecule has 0 radical (unpaired) electrons. The van der Waals surface area contributed by atoms with Gasteiger partial charge in [0.2, 0.25) is 0 Å². The quantitative estimate of drug-likeness (QED) is 0.766. The van der Waals surface area contributed by atoms with Gasteiger partial charge in [-0.2, -0.15) is 0 Å². The van der Waals surface area contributed by atoms with Gasteiger partial charge in [-0.3, -0.25) is 9.69 Å². The molecule has 1 aromatic carbocycles. The van der Waals surface area contributed by atoms with Crippen LogP contribution in [0.1, 0.15) is 42.1 Å². The van der Waals surface area contributed by atoms with E-state index < -0.39 is 0 Å². The Hall–Kier alpha value is -1.35. The monoisotopic (exact) mass is 247 g/mol. The first-order chi connectivity index (χ1) is 8.74. The van der Waals surface area contributed by atoms with E-state index in [-0.39, 0.29) is 0 Å². The molecule has 0 unspecified atom stereocenters. The fourth-order valence-corrected chi connectivity index (χ4v) is 2.61. The summed E-state index contributed by atoms with van der Waals surface area (Å²) in [6.07, 6.45) is 4.74. The molecule has 0 aromatic heterocycles. The van der Waals surface area contributed by atoms with Crippen molar-refractivity contribution in [3.8, 4) is 5.75 Å². The van der Waals surface area contributed by atoms with Gasteiger partial charge in [0.25, 0.3) is 0 Å². The highest BCUT2D eigenvalue weighted by Crippen LogP contribution is 2.25. The molecule has 2 rings (SSSR count). The van der Waals surface area contributed by atoms with Gasteiger partial charge >= 0.3 is 0 Å². The number of carbonyl (C=O) groups excluding carboxylic acids is 1. The minimum absolute atomic E-state index is 0.614. The third kappa shape index (κ3) is 2.91. The predicted molar refractivity (Wildman–Crippen MR) is 72.1 cm³/mol. The molecule has 0 aliphatic carbocycles. The van der Waals surface area contributed by atoms with E-state index in [9.17, 15) is 4.79 Å². The summed E-state index contributed by atoms with van der Waals surface area (Å²) >= 11 is 0. The van der Waals surface area contributed by atoms with Gasteiger partial charge in [-0.05, 0) is 44.5 Å². The van der Waals surface area contributed by atoms with Crippen LogP contribution in [-0.2, 0) is 6.54 Å². The zero-order valence-corrected chi connectivity index (χ0v) is 11.2. The standard InChI is InChI=1S/C15H21NO2/c1-12-5-3-4-8-16(12)10-14-9-13(11-17)6-7-15(14)18-2/h6-7,9,11-12H,3-5,8,10H2,1-2H3/t12-/m1/s1. The van der Waals surface area contributed by atoms with E-state index in [2.05, 4.69) is 11.8 Å². The van der Waals surface area contributed by atoms with Crippen LogP contribution in [0.15, 0.2) is 18.2 Å². The number of benzene rings is 1. The Kier molecular flexibility index (Phi) is 4.37. The summed E-state index contributed by atoms with van der Waals surface area (Å²) in [5.74, 6) is 0.873. The van der Waals surface area contributed by atoms with Gasteiger partial charge < -0.3 is 4.74 Å². The molecule has 0 amide bonds. The van der Waals surface area contributed by atoms with Crippen LogP contribution in [0.2, 0.25) is 0 Å². The Morgan fingerprint density at radius 1 is 1.44 bits per heavy atom. The molecule has 1 saturated heterocycles. The molecule has 0 N–H and O–H groups in total. The second-order valence-electron chi connectivity index (χ2n) is 5.00. The van der Waals surface area contributed by atoms with Gasteiger partial charge in [0.15, 0.2) is 0 Å². The third-order valence-corrected chi connectivity index (χ3v) is 3.75. The van der Waals surface area contributed by atoms with Crippen LogP contribution in [-0.4, -0.2) is 30.9 Å². The minimum Gasteiger partial charge on any atom is -0.496 e. The molecular formula is C15H21NO2. The van der Waals surface area contributed by atoms with Gasteiger partial charge in [-0.25, -0.2) is 0 Å². The SMILES string of the molecule is COc1ccc(C=O)cc1CN1CCCC[C@H]1C. The number of piperidine rings is 1. The van der Waals surface area contributed by atoms with Crippen LogP contribution in [0.3, 0.4) is 0 Å². The van der Waals surface area contributed by atoms with Crippen molar-refractivity contribution in [1.82, 2.24) is 4.90 Å². The van der Waals surface area contributed by atoms with Crippen molar-refractivity contribution in [2.75, 3.05) is 13.7 Å². The maximum atomic E-state index is 10.9. The van der Waals surface area contributed by atoms with Crippen LogP contribution in [0.4, 0.5) is 0 Å². The number of likely N-dealkylation sites (tertiary alicyclic amines) is 1. The summed E-state index contributed by atoms with van der Waals surface area (Å²) < 4.78 is 5.38. The normalized spacial score (nSPS) is 20.7. The molecule has 0 saturated carbocycles. The topological polar surface area (TPSA) is 29.5 Å². The molecular weight excluding hydrogens is 226 g/mol. The van der Waals surface area contributed by atoms with Gasteiger partial charge in [0, 0.05) is 23.7 Å². The van der Waals surface area contributed by atoms with E-state index in [0.29, 0.717) is 6.04 Å². The lowest BCUT2D eigenvalue weighted by Crippen LogP contribution is -2.36. The summed E-state index contributed by atoms with van der Waals surface area (Å²) in [6.45, 7) is 4.27. The van der Waals surface area contributed by atoms with Gasteiger partial charge in [0.05, 0.1) is 7.11 Å². The smallest absolute Gasteiger partial charge is 0.150 e. The van der Waals surface area contributed by atoms with E-state index in [1.54, 1.807) is 13.2 Å². The van der Waals surface area contributed by atoms with E-state index in [1.165, 1.54) is 19.3 Å². The van der Waals surface area contributed by atoms with Crippen LogP contribution in [0.25, 0.3) is 0 Å². The molecule has 3 nitrogen and oxygen atoms in total. The van der Waals surface area contributed by atoms with Crippen LogP contribution in [0, 0.1) is 0 Å². The Bertz CT molecular complexity index is 417. The summed E-state index contributed by atoms with van der Waals surface area (Å²) in [7, 11) is 1.68. The van der Waals surface area contributed by atoms with Crippen LogP contribution >= 0.6 is 0 Å². The Morgan fingerprint density at radius 3 is 2.94 bits per heavy atom. The maximum Gasteiger partial charge on any atom is 0.150 e. The molecule has 1 aliphatic heterocycles. The summed E-state index contributed by atoms with van der Waals surface area (Å²) in [4.78, 5) is 13.3. The molecule has 18 heavy (non-hydrogen) atoms. The van der Waals surface area contributed by atoms with Gasteiger partial charge in [0.1, 0.15) is 12.0 Å². The van der Waals surface area contributed by atoms with Crippen molar-refractivity contribution < 1.29 is 9.53 Å². The summed E-state index contributed by atoms with van der Waals surface area (Å²) in [5.41, 5.74) is 1.83. The maximum absolute atomic E-state index is 10.9. The highest BCUT2D eigenvalue weighted by atomic mass is 16.5. The first-order valence-electron chi connectivity index (χ1n) is 6.60. The number of hydrogen-bond acceptors (Lipinski definition) is 3. The molecule has 98 valence electrons. The van der Waals surface area contributed by atoms with Gasteiger partial charge in [-0.1, -0.05) is 6.42 Å². The first-order valence-corrected chi connectivity index (χ1v) is 6.60. The fourth-order valence-electron chi connectivity index (χ4n) is 2.61. The second kappa shape index (κ2) is 6.01. The predicted octanol–water partition coefficient (Wildman–Crippen LogP) is 2.88. The number of aldehydes is 1. The van der Waals surface area contributed by atoms with Crippen molar-refractivity contribution in [1.29, 1.82) is 0 Å². The molecule has 1 aromatic rings. The number of hydrogen-bond donors (Lipinski definition) is 0. The van der Waals surface area contributed by atoms with Crippen LogP contribution in [0.5, 0.6) is 5.75 Å². The van der Waals surface area contributed by atoms with E-state index in [4.69, 9.17) is 4.74 Å². The largest absolute Gasteiger partial charge is 0.496 e. The van der Waals surface area contributed by atoms with Crippen molar-refractivity contribution in [3.05, 3.63) is 29.3 Å². The highest BCUT2D eigenvalue weighted by molar-refractivity contribution is 5.75. The fraction of sp³-hybridized carbons (Fsp3) is 0.533. The first kappa shape index (κ1) is 13.1. The number of ether oxygens (including phenoxy) is 1. The zero-order chi connectivity index (χ0) is 13.0. The summed E-state index contributed by atoms with van der Waals surface area (Å²) in [5, 5.41) is 0. The molecule has 0 bridgehead atoms. The Morgan fingerprint density at radius 2 is 2.28 bits per heavy atom. The number of nitrogens with zero attached hydrogens (tertiary/aromatic N) is 1. The van der Waals surface area contributed by atoms with E-state index in [0.717, 1.165) is 36.3 Å². The lowest BCUT2D eigenvalue weighted by atomic mass is 10.0. The van der Waals surface area contributed by atoms with Crippen molar-refractivity contribution in [3.63, 3.8) is 0 Å². The molecule has 3 heteroatoms. The molecule has 1 atom stereocenters. The van der Waals surface area contributed by atoms with Crippen molar-refractivity contribution in [2.24, 2.45) is 0 Å². The average Bonchev–Trinajstić information content (AvgIpc) is 2.41. The molecule has 1 aliphatic rings. The zero-order valence-electron chi connectivity index (χ0n) is 11.2.